The fraction of sp³-hybridized carbons (Fsp3) is 0.657. The number of rotatable bonds is 50. The number of carboxylic acids is 3. The lowest BCUT2D eigenvalue weighted by atomic mass is 9.98. The molecular weight excluding hydrogens is 1530 g/mol. The molecule has 642 valence electrons. The van der Waals surface area contributed by atoms with E-state index < -0.39 is 294 Å². The molecule has 1 aromatic rings. The Morgan fingerprint density at radius 1 is 0.548 bits per heavy atom. The molecule has 3 saturated heterocycles. The number of ether oxygens (including phenoxy) is 2. The van der Waals surface area contributed by atoms with Crippen LogP contribution < -0.4 is 81.0 Å². The van der Waals surface area contributed by atoms with Crippen LogP contribution in [0.3, 0.4) is 0 Å². The van der Waals surface area contributed by atoms with E-state index in [1.807, 2.05) is 0 Å². The van der Waals surface area contributed by atoms with Crippen LogP contribution in [0.15, 0.2) is 30.3 Å². The van der Waals surface area contributed by atoms with Crippen molar-refractivity contribution >= 4 is 107 Å². The van der Waals surface area contributed by atoms with Crippen LogP contribution in [-0.4, -0.2) is 320 Å². The van der Waals surface area contributed by atoms with Crippen LogP contribution in [0.5, 0.6) is 0 Å². The number of likely N-dealkylation sites (tertiary alicyclic amines) is 2. The minimum Gasteiger partial charge on any atom is -0.481 e. The fourth-order valence-electron chi connectivity index (χ4n) is 12.4. The number of aliphatic hydroxyl groups is 5. The molecule has 4 rings (SSSR count). The first kappa shape index (κ1) is 96.7. The maximum atomic E-state index is 14.5. The molecule has 17 atom stereocenters. The number of primary amides is 1. The lowest BCUT2D eigenvalue weighted by Crippen LogP contribution is -2.59. The maximum Gasteiger partial charge on any atom is 0.326 e. The van der Waals surface area contributed by atoms with E-state index in [-0.39, 0.29) is 64.6 Å². The van der Waals surface area contributed by atoms with E-state index in [0.717, 1.165) is 9.80 Å². The fourth-order valence-corrected chi connectivity index (χ4v) is 12.4. The largest absolute Gasteiger partial charge is 0.481 e. The van der Waals surface area contributed by atoms with Crippen molar-refractivity contribution in [2.45, 2.75) is 221 Å². The number of aliphatic hydroxyl groups excluding tert-OH is 5. The van der Waals surface area contributed by atoms with Crippen LogP contribution in [0.2, 0.25) is 0 Å². The van der Waals surface area contributed by atoms with E-state index in [1.165, 1.54) is 6.92 Å². The summed E-state index contributed by atoms with van der Waals surface area (Å²) < 4.78 is 11.0. The van der Waals surface area contributed by atoms with Gasteiger partial charge in [-0.15, -0.1) is 0 Å². The molecule has 0 saturated carbocycles. The van der Waals surface area contributed by atoms with Crippen LogP contribution in [0, 0.1) is 5.92 Å². The molecule has 3 aliphatic heterocycles. The standard InChI is InChI=1S/C70H109N17O28/c1-4-35(2)56(85-52(94)31-76-65(108)46-27-38(89)33-87(46)68(111)42(19-22-55(98)99)80-49(91)28-72)67(110)78-36(3)60(103)74-29-51(93)81-44(26-37-12-6-5-7-13-37)64(107)82-39(15-11-25-114-70-59(102)58(101)57(100)47(34-88)115-70)61(104)75-30-50(92)79-41(18-21-54(96)97)63(106)83-40(17-20-48(73)90)62(105)77-32-53(95)86-24-10-16-45(86)66(109)84-43(69(112)113)14-8-9-23-71/h5-7,12-13,35-36,38-47,56-59,70,88-89,100-102H,4,8-11,14-34,71-72H2,1-3H3,(H2,73,90)(H,74,103)(H,75,104)(H,76,108)(H,77,105)(H,78,110)(H,79,92)(H,80,91)(H,81,93)(H,82,107)(H,83,106)(H,84,109)(H,85,94)(H,96,97)(H,98,99)(H,112,113)/t35-,36-,38+,39-,40-,41-,42-,43-,44-,45-,46-,47+,56-,57-,58-,59+,70+/m0/s1. The summed E-state index contributed by atoms with van der Waals surface area (Å²) in [5, 5.41) is 108. The van der Waals surface area contributed by atoms with Crippen LogP contribution in [0.25, 0.3) is 0 Å². The van der Waals surface area contributed by atoms with Crippen molar-refractivity contribution in [1.29, 1.82) is 0 Å². The number of benzene rings is 1. The molecule has 0 aliphatic carbocycles. The number of nitrogens with one attached hydrogen (secondary N) is 12. The summed E-state index contributed by atoms with van der Waals surface area (Å²) in [4.78, 5) is 240. The SMILES string of the molecule is CC[C@H](C)[C@H](NC(=O)CNC(=O)[C@@H]1C[C@@H](O)CN1C(=O)[C@H](CCC(=O)O)NC(=O)CN)C(=O)N[C@@H](C)C(=O)NCC(=O)N[C@@H](Cc1ccccc1)C(=O)N[C@@H](CCCO[C@@H]1O[C@H](CO)[C@H](O)[C@H](O)[C@H]1O)C(=O)NCC(=O)N[C@@H](CCC(=O)O)C(=O)N[C@@H](CCC(N)=O)C(=O)NCC(=O)N1CCC[C@H]1C(=O)N[C@@H](CCCCN)C(=O)O. The van der Waals surface area contributed by atoms with Crippen molar-refractivity contribution < 1.29 is 137 Å². The van der Waals surface area contributed by atoms with Gasteiger partial charge in [0, 0.05) is 51.8 Å². The molecule has 3 aliphatic rings. The highest BCUT2D eigenvalue weighted by Gasteiger charge is 2.46. The number of carboxylic acid groups (broad SMARTS) is 3. The van der Waals surface area contributed by atoms with Gasteiger partial charge >= 0.3 is 17.9 Å². The van der Waals surface area contributed by atoms with Crippen molar-refractivity contribution in [2.24, 2.45) is 23.1 Å². The number of carbonyl (C=O) groups is 18. The number of carbonyl (C=O) groups excluding carboxylic acids is 15. The predicted octanol–water partition coefficient (Wildman–Crippen LogP) is -10.6. The molecule has 1 aromatic carbocycles. The summed E-state index contributed by atoms with van der Waals surface area (Å²) >= 11 is 0. The zero-order chi connectivity index (χ0) is 85.8. The van der Waals surface area contributed by atoms with Crippen molar-refractivity contribution in [2.75, 3.05) is 65.6 Å². The molecule has 45 heteroatoms. The third-order valence-electron chi connectivity index (χ3n) is 19.0. The van der Waals surface area contributed by atoms with Gasteiger partial charge in [-0.1, -0.05) is 50.6 Å². The number of amides is 15. The summed E-state index contributed by atoms with van der Waals surface area (Å²) in [5.74, 6) is -19.2. The van der Waals surface area contributed by atoms with Gasteiger partial charge in [-0.2, -0.15) is 0 Å². The maximum absolute atomic E-state index is 14.5. The summed E-state index contributed by atoms with van der Waals surface area (Å²) in [6.07, 6.45) is -12.6. The van der Waals surface area contributed by atoms with Gasteiger partial charge < -0.3 is 141 Å². The Kier molecular flexibility index (Phi) is 41.3. The minimum absolute atomic E-state index is 0.0428. The first-order valence-corrected chi connectivity index (χ1v) is 37.5. The van der Waals surface area contributed by atoms with E-state index >= 15 is 0 Å². The highest BCUT2D eigenvalue weighted by atomic mass is 16.7. The Bertz CT molecular complexity index is 3540. The van der Waals surface area contributed by atoms with Crippen LogP contribution in [0.4, 0.5) is 0 Å². The highest BCUT2D eigenvalue weighted by molar-refractivity contribution is 5.99. The molecule has 3 fully saturated rings. The second-order valence-electron chi connectivity index (χ2n) is 27.8. The second kappa shape index (κ2) is 49.2. The van der Waals surface area contributed by atoms with Gasteiger partial charge in [-0.25, -0.2) is 4.79 Å². The van der Waals surface area contributed by atoms with Crippen molar-refractivity contribution in [3.63, 3.8) is 0 Å². The molecule has 3 heterocycles. The minimum atomic E-state index is -1.85. The lowest BCUT2D eigenvalue weighted by Gasteiger charge is -2.39. The molecule has 0 bridgehead atoms. The first-order chi connectivity index (χ1) is 54.4. The number of hydrogen-bond acceptors (Lipinski definition) is 27. The van der Waals surface area contributed by atoms with Crippen LogP contribution in [0.1, 0.15) is 123 Å². The van der Waals surface area contributed by atoms with Gasteiger partial charge in [0.05, 0.1) is 45.4 Å². The molecule has 45 nitrogen and oxygen atoms in total. The van der Waals surface area contributed by atoms with E-state index in [0.29, 0.717) is 24.8 Å². The Labute approximate surface area is 659 Å². The van der Waals surface area contributed by atoms with Gasteiger partial charge in [0.1, 0.15) is 84.8 Å². The average Bonchev–Trinajstić information content (AvgIpc) is 1.63. The molecule has 0 aromatic heterocycles. The monoisotopic (exact) mass is 1640 g/mol. The van der Waals surface area contributed by atoms with Gasteiger partial charge in [-0.05, 0) is 89.2 Å². The second-order valence-corrected chi connectivity index (χ2v) is 27.8. The number of β-amino-alcohol motifs (C(OH)–C–C–N with tert-alkyl or cyclic N) is 1. The zero-order valence-corrected chi connectivity index (χ0v) is 64.0. The van der Waals surface area contributed by atoms with Gasteiger partial charge in [0.15, 0.2) is 6.29 Å². The van der Waals surface area contributed by atoms with Crippen molar-refractivity contribution in [1.82, 2.24) is 73.6 Å². The average molecular weight is 1640 g/mol. The molecular formula is C70H109N17O28. The normalized spacial score (nSPS) is 20.7. The number of aliphatic carboxylic acids is 3. The summed E-state index contributed by atoms with van der Waals surface area (Å²) in [5.41, 5.74) is 16.7. The van der Waals surface area contributed by atoms with E-state index in [2.05, 4.69) is 63.8 Å². The van der Waals surface area contributed by atoms with Crippen LogP contribution >= 0.6 is 0 Å². The smallest absolute Gasteiger partial charge is 0.326 e. The lowest BCUT2D eigenvalue weighted by molar-refractivity contribution is -0.301. The Morgan fingerprint density at radius 3 is 1.69 bits per heavy atom. The van der Waals surface area contributed by atoms with Gasteiger partial charge in [0.25, 0.3) is 0 Å². The first-order valence-electron chi connectivity index (χ1n) is 37.5. The number of unbranched alkanes of at least 4 members (excludes halogenated alkanes) is 1. The van der Waals surface area contributed by atoms with E-state index in [1.54, 1.807) is 44.2 Å². The van der Waals surface area contributed by atoms with Crippen molar-refractivity contribution in [3.05, 3.63) is 35.9 Å². The molecule has 115 heavy (non-hydrogen) atoms. The number of nitrogens with zero attached hydrogens (tertiary/aromatic N) is 2. The van der Waals surface area contributed by atoms with Crippen molar-refractivity contribution in [3.8, 4) is 0 Å². The van der Waals surface area contributed by atoms with E-state index in [4.69, 9.17) is 26.7 Å². The predicted molar refractivity (Wildman–Crippen MR) is 394 cm³/mol. The molecule has 26 N–H and O–H groups in total. The Hall–Kier alpha value is -10.7. The summed E-state index contributed by atoms with van der Waals surface area (Å²) in [6, 6.07) is -6.75. The summed E-state index contributed by atoms with van der Waals surface area (Å²) in [7, 11) is 0. The molecule has 0 spiro atoms. The molecule has 0 radical (unpaired) electrons. The van der Waals surface area contributed by atoms with Gasteiger partial charge in [-0.3, -0.25) is 81.5 Å². The third-order valence-corrected chi connectivity index (χ3v) is 19.0. The third kappa shape index (κ3) is 32.6. The quantitative estimate of drug-likeness (QED) is 0.0269. The van der Waals surface area contributed by atoms with E-state index in [9.17, 15) is 127 Å². The Morgan fingerprint density at radius 2 is 1.10 bits per heavy atom. The highest BCUT2D eigenvalue weighted by Crippen LogP contribution is 2.24. The van der Waals surface area contributed by atoms with Gasteiger partial charge in [0.2, 0.25) is 88.6 Å². The number of nitrogens with two attached hydrogens (primary N) is 3. The topological polar surface area (TPSA) is 716 Å². The Balaban J connectivity index is 1.48. The summed E-state index contributed by atoms with van der Waals surface area (Å²) in [6.45, 7) is -0.757. The van der Waals surface area contributed by atoms with Crippen LogP contribution in [-0.2, 0) is 102 Å². The molecule has 15 amide bonds. The molecule has 0 unspecified atom stereocenters. The zero-order valence-electron chi connectivity index (χ0n) is 64.0. The number of hydrogen-bond donors (Lipinski definition) is 23.